The van der Waals surface area contributed by atoms with Crippen LogP contribution in [0.4, 0.5) is 5.69 Å². The highest BCUT2D eigenvalue weighted by atomic mass is 32.1. The maximum atomic E-state index is 5.62. The molecule has 2 N–H and O–H groups in total. The molecule has 1 saturated heterocycles. The molecule has 17 heavy (non-hydrogen) atoms. The number of nitrogens with zero attached hydrogens (tertiary/aromatic N) is 2. The topological polar surface area (TPSA) is 41.7 Å². The summed E-state index contributed by atoms with van der Waals surface area (Å²) in [5.41, 5.74) is 6.76. The lowest BCUT2D eigenvalue weighted by atomic mass is 10.2. The fourth-order valence-electron chi connectivity index (χ4n) is 2.06. The first-order valence-electron chi connectivity index (χ1n) is 5.64. The summed E-state index contributed by atoms with van der Waals surface area (Å²) < 4.78 is 5.37. The molecule has 1 aliphatic rings. The lowest BCUT2D eigenvalue weighted by Crippen LogP contribution is -2.50. The van der Waals surface area contributed by atoms with E-state index in [1.54, 1.807) is 7.11 Å². The molecule has 0 aliphatic carbocycles. The van der Waals surface area contributed by atoms with Gasteiger partial charge >= 0.3 is 0 Å². The summed E-state index contributed by atoms with van der Waals surface area (Å²) in [5.74, 6) is 0.913. The monoisotopic (exact) mass is 251 g/mol. The van der Waals surface area contributed by atoms with E-state index in [1.165, 1.54) is 0 Å². The van der Waals surface area contributed by atoms with E-state index < -0.39 is 0 Å². The Kier molecular flexibility index (Phi) is 3.68. The Labute approximate surface area is 107 Å². The number of ether oxygens (including phenoxy) is 1. The molecule has 1 aromatic rings. The van der Waals surface area contributed by atoms with Gasteiger partial charge in [-0.15, -0.1) is 0 Å². The minimum Gasteiger partial charge on any atom is -0.495 e. The molecular formula is C12H17N3OS. The van der Waals surface area contributed by atoms with Crippen molar-refractivity contribution in [3.8, 4) is 5.75 Å². The fraction of sp³-hybridized carbons (Fsp3) is 0.417. The molecular weight excluding hydrogens is 234 g/mol. The van der Waals surface area contributed by atoms with Crippen LogP contribution in [0.1, 0.15) is 0 Å². The first kappa shape index (κ1) is 12.0. The maximum Gasteiger partial charge on any atom is 0.166 e. The largest absolute Gasteiger partial charge is 0.495 e. The van der Waals surface area contributed by atoms with Gasteiger partial charge < -0.3 is 20.3 Å². The summed E-state index contributed by atoms with van der Waals surface area (Å²) in [4.78, 5) is 4.33. The summed E-state index contributed by atoms with van der Waals surface area (Å²) in [6.45, 7) is 3.57. The average Bonchev–Trinajstić information content (AvgIpc) is 2.39. The maximum absolute atomic E-state index is 5.62. The number of rotatable bonds is 2. The quantitative estimate of drug-likeness (QED) is 0.796. The second-order valence-electron chi connectivity index (χ2n) is 3.98. The lowest BCUT2D eigenvalue weighted by Gasteiger charge is -2.36. The van der Waals surface area contributed by atoms with Crippen LogP contribution in [-0.4, -0.2) is 43.3 Å². The van der Waals surface area contributed by atoms with Crippen molar-refractivity contribution in [3.63, 3.8) is 0 Å². The zero-order valence-electron chi connectivity index (χ0n) is 9.93. The zero-order chi connectivity index (χ0) is 12.3. The van der Waals surface area contributed by atoms with Crippen molar-refractivity contribution in [1.82, 2.24) is 4.90 Å². The summed E-state index contributed by atoms with van der Waals surface area (Å²) in [5, 5.41) is 0.490. The molecule has 92 valence electrons. The van der Waals surface area contributed by atoms with Crippen LogP contribution in [0.2, 0.25) is 0 Å². The Bertz CT molecular complexity index is 402. The van der Waals surface area contributed by atoms with E-state index in [-0.39, 0.29) is 0 Å². The van der Waals surface area contributed by atoms with Gasteiger partial charge in [0.25, 0.3) is 0 Å². The van der Waals surface area contributed by atoms with Crippen molar-refractivity contribution in [2.24, 2.45) is 5.73 Å². The molecule has 1 heterocycles. The van der Waals surface area contributed by atoms with Gasteiger partial charge in [0.15, 0.2) is 5.11 Å². The van der Waals surface area contributed by atoms with E-state index >= 15 is 0 Å². The zero-order valence-corrected chi connectivity index (χ0v) is 10.7. The van der Waals surface area contributed by atoms with Crippen LogP contribution in [-0.2, 0) is 0 Å². The molecule has 0 unspecified atom stereocenters. The van der Waals surface area contributed by atoms with Crippen molar-refractivity contribution in [2.45, 2.75) is 0 Å². The van der Waals surface area contributed by atoms with Crippen LogP contribution in [0.3, 0.4) is 0 Å². The van der Waals surface area contributed by atoms with Gasteiger partial charge in [0.2, 0.25) is 0 Å². The molecule has 0 saturated carbocycles. The molecule has 0 amide bonds. The predicted molar refractivity (Wildman–Crippen MR) is 73.6 cm³/mol. The number of hydrogen-bond acceptors (Lipinski definition) is 3. The first-order valence-corrected chi connectivity index (χ1v) is 6.05. The highest BCUT2D eigenvalue weighted by molar-refractivity contribution is 7.80. The molecule has 5 heteroatoms. The van der Waals surface area contributed by atoms with Gasteiger partial charge in [-0.05, 0) is 24.4 Å². The van der Waals surface area contributed by atoms with Gasteiger partial charge in [0.05, 0.1) is 12.8 Å². The third-order valence-electron chi connectivity index (χ3n) is 3.02. The number of benzene rings is 1. The molecule has 0 aromatic heterocycles. The van der Waals surface area contributed by atoms with Crippen LogP contribution < -0.4 is 15.4 Å². The van der Waals surface area contributed by atoms with Crippen molar-refractivity contribution < 1.29 is 4.74 Å². The molecule has 0 atom stereocenters. The Balaban J connectivity index is 2.07. The van der Waals surface area contributed by atoms with E-state index in [0.717, 1.165) is 37.6 Å². The van der Waals surface area contributed by atoms with E-state index in [1.807, 2.05) is 23.1 Å². The third-order valence-corrected chi connectivity index (χ3v) is 3.28. The molecule has 1 aliphatic heterocycles. The van der Waals surface area contributed by atoms with Crippen LogP contribution in [0, 0.1) is 0 Å². The minimum atomic E-state index is 0.490. The van der Waals surface area contributed by atoms with Gasteiger partial charge in [-0.2, -0.15) is 0 Å². The van der Waals surface area contributed by atoms with Crippen molar-refractivity contribution in [1.29, 1.82) is 0 Å². The third kappa shape index (κ3) is 2.61. The SMILES string of the molecule is COc1ccccc1N1CCN(C(N)=S)CC1. The van der Waals surface area contributed by atoms with Crippen LogP contribution in [0.5, 0.6) is 5.75 Å². The minimum absolute atomic E-state index is 0.490. The molecule has 1 aromatic carbocycles. The smallest absolute Gasteiger partial charge is 0.166 e. The van der Waals surface area contributed by atoms with E-state index in [2.05, 4.69) is 11.0 Å². The van der Waals surface area contributed by atoms with Crippen molar-refractivity contribution >= 4 is 23.0 Å². The standard InChI is InChI=1S/C12H17N3OS/c1-16-11-5-3-2-4-10(11)14-6-8-15(9-7-14)12(13)17/h2-5H,6-9H2,1H3,(H2,13,17). The number of anilines is 1. The average molecular weight is 251 g/mol. The van der Waals surface area contributed by atoms with Crippen molar-refractivity contribution in [2.75, 3.05) is 38.2 Å². The number of para-hydroxylation sites is 2. The van der Waals surface area contributed by atoms with Gasteiger partial charge in [-0.1, -0.05) is 12.1 Å². The fourth-order valence-corrected chi connectivity index (χ4v) is 2.24. The van der Waals surface area contributed by atoms with E-state index in [0.29, 0.717) is 5.11 Å². The number of thiocarbonyl (C=S) groups is 1. The number of methoxy groups -OCH3 is 1. The highest BCUT2D eigenvalue weighted by Gasteiger charge is 2.19. The molecule has 4 nitrogen and oxygen atoms in total. The van der Waals surface area contributed by atoms with Gasteiger partial charge in [-0.3, -0.25) is 0 Å². The highest BCUT2D eigenvalue weighted by Crippen LogP contribution is 2.28. The molecule has 0 bridgehead atoms. The van der Waals surface area contributed by atoms with Gasteiger partial charge in [-0.25, -0.2) is 0 Å². The van der Waals surface area contributed by atoms with Gasteiger partial charge in [0, 0.05) is 26.2 Å². The summed E-state index contributed by atoms with van der Waals surface area (Å²) in [6, 6.07) is 8.07. The van der Waals surface area contributed by atoms with E-state index in [4.69, 9.17) is 22.7 Å². The second-order valence-corrected chi connectivity index (χ2v) is 4.40. The molecule has 0 radical (unpaired) electrons. The Hall–Kier alpha value is -1.49. The number of piperazine rings is 1. The summed E-state index contributed by atoms with van der Waals surface area (Å²) in [7, 11) is 1.70. The molecule has 1 fully saturated rings. The van der Waals surface area contributed by atoms with E-state index in [9.17, 15) is 0 Å². The molecule has 2 rings (SSSR count). The normalized spacial score (nSPS) is 15.8. The van der Waals surface area contributed by atoms with Crippen LogP contribution >= 0.6 is 12.2 Å². The Morgan fingerprint density at radius 1 is 1.24 bits per heavy atom. The summed E-state index contributed by atoms with van der Waals surface area (Å²) >= 11 is 4.98. The van der Waals surface area contributed by atoms with Gasteiger partial charge in [0.1, 0.15) is 5.75 Å². The number of hydrogen-bond donors (Lipinski definition) is 1. The number of nitrogens with two attached hydrogens (primary N) is 1. The Morgan fingerprint density at radius 3 is 2.47 bits per heavy atom. The first-order chi connectivity index (χ1) is 8.22. The lowest BCUT2D eigenvalue weighted by molar-refractivity contribution is 0.380. The van der Waals surface area contributed by atoms with Crippen LogP contribution in [0.25, 0.3) is 0 Å². The van der Waals surface area contributed by atoms with Crippen molar-refractivity contribution in [3.05, 3.63) is 24.3 Å². The summed E-state index contributed by atoms with van der Waals surface area (Å²) in [6.07, 6.45) is 0. The second kappa shape index (κ2) is 5.23. The predicted octanol–water partition coefficient (Wildman–Crippen LogP) is 1.06. The van der Waals surface area contributed by atoms with Crippen LogP contribution in [0.15, 0.2) is 24.3 Å². The molecule has 0 spiro atoms. The Morgan fingerprint density at radius 2 is 1.88 bits per heavy atom.